The van der Waals surface area contributed by atoms with E-state index in [2.05, 4.69) is 34.5 Å². The average molecular weight is 241 g/mol. The number of benzene rings is 1. The molecule has 1 aliphatic rings. The smallest absolute Gasteiger partial charge is 0.0650 e. The molecular weight excluding hydrogens is 222 g/mol. The maximum absolute atomic E-state index is 6.20. The number of hydrogen-bond donors (Lipinski definition) is 2. The van der Waals surface area contributed by atoms with Gasteiger partial charge in [0, 0.05) is 12.2 Å². The number of aromatic nitrogens is 2. The maximum atomic E-state index is 6.20. The number of H-pyrrole nitrogens is 1. The minimum Gasteiger partial charge on any atom is -0.327 e. The van der Waals surface area contributed by atoms with Crippen molar-refractivity contribution in [3.8, 4) is 11.3 Å². The largest absolute Gasteiger partial charge is 0.327 e. The Bertz CT molecular complexity index is 500. The van der Waals surface area contributed by atoms with E-state index in [4.69, 9.17) is 5.73 Å². The van der Waals surface area contributed by atoms with Gasteiger partial charge in [-0.1, -0.05) is 31.0 Å². The summed E-state index contributed by atoms with van der Waals surface area (Å²) in [6.45, 7) is 0. The van der Waals surface area contributed by atoms with Crippen molar-refractivity contribution in [2.24, 2.45) is 11.7 Å². The van der Waals surface area contributed by atoms with E-state index in [1.54, 1.807) is 6.20 Å². The van der Waals surface area contributed by atoms with Crippen LogP contribution in [0.2, 0.25) is 0 Å². The SMILES string of the molecule is NC(Cc1cccc(-c2ccn[nH]2)c1)CC1CC1. The van der Waals surface area contributed by atoms with Crippen molar-refractivity contribution in [2.45, 2.75) is 31.7 Å². The van der Waals surface area contributed by atoms with Gasteiger partial charge in [0.2, 0.25) is 0 Å². The Hall–Kier alpha value is -1.61. The Morgan fingerprint density at radius 3 is 2.94 bits per heavy atom. The minimum atomic E-state index is 0.300. The molecule has 0 saturated heterocycles. The van der Waals surface area contributed by atoms with E-state index in [0.717, 1.165) is 18.0 Å². The van der Waals surface area contributed by atoms with Crippen molar-refractivity contribution < 1.29 is 0 Å². The molecule has 0 spiro atoms. The van der Waals surface area contributed by atoms with Gasteiger partial charge in [-0.05, 0) is 42.0 Å². The number of nitrogens with two attached hydrogens (primary N) is 1. The number of rotatable bonds is 5. The molecule has 3 nitrogen and oxygen atoms in total. The molecule has 2 aromatic rings. The van der Waals surface area contributed by atoms with E-state index < -0.39 is 0 Å². The van der Waals surface area contributed by atoms with Gasteiger partial charge in [-0.25, -0.2) is 0 Å². The summed E-state index contributed by atoms with van der Waals surface area (Å²) in [7, 11) is 0. The zero-order valence-electron chi connectivity index (χ0n) is 10.5. The second-order valence-corrected chi connectivity index (χ2v) is 5.31. The lowest BCUT2D eigenvalue weighted by Crippen LogP contribution is -2.23. The average Bonchev–Trinajstić information content (AvgIpc) is 3.00. The highest BCUT2D eigenvalue weighted by Crippen LogP contribution is 2.33. The van der Waals surface area contributed by atoms with Gasteiger partial charge in [-0.15, -0.1) is 0 Å². The van der Waals surface area contributed by atoms with Crippen LogP contribution >= 0.6 is 0 Å². The summed E-state index contributed by atoms with van der Waals surface area (Å²) >= 11 is 0. The van der Waals surface area contributed by atoms with E-state index in [-0.39, 0.29) is 0 Å². The molecule has 94 valence electrons. The van der Waals surface area contributed by atoms with Gasteiger partial charge >= 0.3 is 0 Å². The van der Waals surface area contributed by atoms with E-state index >= 15 is 0 Å². The molecule has 1 fully saturated rings. The molecular formula is C15H19N3. The van der Waals surface area contributed by atoms with E-state index in [1.807, 2.05) is 6.07 Å². The molecule has 18 heavy (non-hydrogen) atoms. The van der Waals surface area contributed by atoms with Crippen molar-refractivity contribution in [3.05, 3.63) is 42.1 Å². The highest BCUT2D eigenvalue weighted by Gasteiger charge is 2.23. The third-order valence-electron chi connectivity index (χ3n) is 3.57. The molecule has 3 rings (SSSR count). The molecule has 1 aromatic carbocycles. The van der Waals surface area contributed by atoms with Gasteiger partial charge in [-0.3, -0.25) is 5.10 Å². The fourth-order valence-electron chi connectivity index (χ4n) is 2.45. The lowest BCUT2D eigenvalue weighted by atomic mass is 9.99. The first-order valence-corrected chi connectivity index (χ1v) is 6.65. The van der Waals surface area contributed by atoms with Crippen LogP contribution in [0.4, 0.5) is 0 Å². The fourth-order valence-corrected chi connectivity index (χ4v) is 2.45. The first-order valence-electron chi connectivity index (χ1n) is 6.65. The second-order valence-electron chi connectivity index (χ2n) is 5.31. The zero-order chi connectivity index (χ0) is 12.4. The van der Waals surface area contributed by atoms with Crippen LogP contribution in [-0.4, -0.2) is 16.2 Å². The summed E-state index contributed by atoms with van der Waals surface area (Å²) in [5.41, 5.74) is 9.76. The third-order valence-corrected chi connectivity index (χ3v) is 3.57. The van der Waals surface area contributed by atoms with Crippen LogP contribution in [0.15, 0.2) is 36.5 Å². The first-order chi connectivity index (χ1) is 8.81. The molecule has 3 heteroatoms. The molecule has 0 radical (unpaired) electrons. The molecule has 0 bridgehead atoms. The highest BCUT2D eigenvalue weighted by atomic mass is 15.1. The summed E-state index contributed by atoms with van der Waals surface area (Å²) in [6, 6.07) is 10.9. The Morgan fingerprint density at radius 1 is 1.33 bits per heavy atom. The minimum absolute atomic E-state index is 0.300. The second kappa shape index (κ2) is 4.94. The van der Waals surface area contributed by atoms with Crippen molar-refractivity contribution in [3.63, 3.8) is 0 Å². The molecule has 0 amide bonds. The van der Waals surface area contributed by atoms with Gasteiger partial charge in [0.05, 0.1) is 5.69 Å². The quantitative estimate of drug-likeness (QED) is 0.845. The first kappa shape index (κ1) is 11.5. The van der Waals surface area contributed by atoms with Crippen LogP contribution in [0, 0.1) is 5.92 Å². The zero-order valence-corrected chi connectivity index (χ0v) is 10.5. The predicted molar refractivity (Wildman–Crippen MR) is 73.0 cm³/mol. The standard InChI is InChI=1S/C15H19N3/c16-14(9-11-4-5-11)10-12-2-1-3-13(8-12)15-6-7-17-18-15/h1-3,6-8,11,14H,4-5,9-10,16H2,(H,17,18). The van der Waals surface area contributed by atoms with Crippen molar-refractivity contribution in [2.75, 3.05) is 0 Å². The predicted octanol–water partition coefficient (Wildman–Crippen LogP) is 2.75. The van der Waals surface area contributed by atoms with Crippen molar-refractivity contribution in [1.82, 2.24) is 10.2 Å². The van der Waals surface area contributed by atoms with Gasteiger partial charge in [0.25, 0.3) is 0 Å². The van der Waals surface area contributed by atoms with E-state index in [9.17, 15) is 0 Å². The molecule has 1 aromatic heterocycles. The third kappa shape index (κ3) is 2.79. The normalized spacial score (nSPS) is 16.7. The van der Waals surface area contributed by atoms with Crippen LogP contribution in [-0.2, 0) is 6.42 Å². The summed E-state index contributed by atoms with van der Waals surface area (Å²) in [5, 5.41) is 6.98. The summed E-state index contributed by atoms with van der Waals surface area (Å²) in [4.78, 5) is 0. The maximum Gasteiger partial charge on any atom is 0.0650 e. The molecule has 1 heterocycles. The Kier molecular flexibility index (Phi) is 3.15. The topological polar surface area (TPSA) is 54.7 Å². The monoisotopic (exact) mass is 241 g/mol. The van der Waals surface area contributed by atoms with Crippen LogP contribution in [0.1, 0.15) is 24.8 Å². The lowest BCUT2D eigenvalue weighted by molar-refractivity contribution is 0.567. The molecule has 0 aliphatic heterocycles. The van der Waals surface area contributed by atoms with Gasteiger partial charge in [-0.2, -0.15) is 5.10 Å². The summed E-state index contributed by atoms with van der Waals surface area (Å²) in [5.74, 6) is 0.899. The summed E-state index contributed by atoms with van der Waals surface area (Å²) in [6.07, 6.45) is 6.68. The molecule has 1 aliphatic carbocycles. The lowest BCUT2D eigenvalue weighted by Gasteiger charge is -2.11. The Balaban J connectivity index is 1.70. The molecule has 1 unspecified atom stereocenters. The van der Waals surface area contributed by atoms with Gasteiger partial charge in [0.1, 0.15) is 0 Å². The van der Waals surface area contributed by atoms with Crippen LogP contribution in [0.3, 0.4) is 0 Å². The fraction of sp³-hybridized carbons (Fsp3) is 0.400. The number of aromatic amines is 1. The van der Waals surface area contributed by atoms with Crippen LogP contribution < -0.4 is 5.73 Å². The summed E-state index contributed by atoms with van der Waals surface area (Å²) < 4.78 is 0. The van der Waals surface area contributed by atoms with Gasteiger partial charge < -0.3 is 5.73 Å². The molecule has 1 atom stereocenters. The van der Waals surface area contributed by atoms with Crippen molar-refractivity contribution >= 4 is 0 Å². The van der Waals surface area contributed by atoms with E-state index in [0.29, 0.717) is 6.04 Å². The molecule has 1 saturated carbocycles. The van der Waals surface area contributed by atoms with E-state index in [1.165, 1.54) is 30.4 Å². The number of hydrogen-bond acceptors (Lipinski definition) is 2. The Morgan fingerprint density at radius 2 is 2.22 bits per heavy atom. The van der Waals surface area contributed by atoms with Crippen molar-refractivity contribution in [1.29, 1.82) is 0 Å². The van der Waals surface area contributed by atoms with Gasteiger partial charge in [0.15, 0.2) is 0 Å². The van der Waals surface area contributed by atoms with Crippen LogP contribution in [0.25, 0.3) is 11.3 Å². The Labute approximate surface area is 107 Å². The molecule has 3 N–H and O–H groups in total. The highest BCUT2D eigenvalue weighted by molar-refractivity contribution is 5.59. The van der Waals surface area contributed by atoms with Crippen LogP contribution in [0.5, 0.6) is 0 Å². The number of nitrogens with zero attached hydrogens (tertiary/aromatic N) is 1. The number of nitrogens with one attached hydrogen (secondary N) is 1.